The quantitative estimate of drug-likeness (QED) is 0.805. The third-order valence-corrected chi connectivity index (χ3v) is 3.21. The molecule has 3 rings (SSSR count). The summed E-state index contributed by atoms with van der Waals surface area (Å²) in [6.45, 7) is 0.680. The van der Waals surface area contributed by atoms with Crippen LogP contribution in [0.25, 0.3) is 0 Å². The van der Waals surface area contributed by atoms with E-state index < -0.39 is 0 Å². The van der Waals surface area contributed by atoms with Gasteiger partial charge in [-0.2, -0.15) is 0 Å². The van der Waals surface area contributed by atoms with Crippen molar-refractivity contribution in [3.63, 3.8) is 0 Å². The van der Waals surface area contributed by atoms with Crippen LogP contribution >= 0.6 is 0 Å². The summed E-state index contributed by atoms with van der Waals surface area (Å²) in [4.78, 5) is 12.4. The van der Waals surface area contributed by atoms with Crippen LogP contribution in [0.2, 0.25) is 0 Å². The van der Waals surface area contributed by atoms with E-state index in [4.69, 9.17) is 0 Å². The summed E-state index contributed by atoms with van der Waals surface area (Å²) in [5.74, 6) is 0.150. The monoisotopic (exact) mass is 223 g/mol. The molecule has 0 aliphatic carbocycles. The zero-order valence-electron chi connectivity index (χ0n) is 9.39. The van der Waals surface area contributed by atoms with E-state index in [1.807, 2.05) is 54.6 Å². The van der Waals surface area contributed by atoms with Crippen molar-refractivity contribution in [3.8, 4) is 0 Å². The van der Waals surface area contributed by atoms with Crippen molar-refractivity contribution in [3.05, 3.63) is 65.7 Å². The molecule has 0 spiro atoms. The highest BCUT2D eigenvalue weighted by atomic mass is 16.1. The Kier molecular flexibility index (Phi) is 2.41. The van der Waals surface area contributed by atoms with Crippen molar-refractivity contribution in [2.24, 2.45) is 0 Å². The minimum Gasteiger partial charge on any atom is -0.383 e. The number of Topliss-reactive ketones (excluding diaryl/α,β-unsaturated/α-hetero) is 1. The Morgan fingerprint density at radius 1 is 0.941 bits per heavy atom. The lowest BCUT2D eigenvalue weighted by Crippen LogP contribution is -2.27. The van der Waals surface area contributed by atoms with Crippen molar-refractivity contribution < 1.29 is 4.79 Å². The zero-order chi connectivity index (χ0) is 11.7. The van der Waals surface area contributed by atoms with E-state index in [-0.39, 0.29) is 11.7 Å². The molecule has 2 heteroatoms. The summed E-state index contributed by atoms with van der Waals surface area (Å²) in [7, 11) is 0. The van der Waals surface area contributed by atoms with Crippen molar-refractivity contribution in [1.82, 2.24) is 0 Å². The lowest BCUT2D eigenvalue weighted by Gasteiger charge is -2.25. The predicted octanol–water partition coefficient (Wildman–Crippen LogP) is 3.08. The number of hydrogen-bond acceptors (Lipinski definition) is 2. The fourth-order valence-corrected chi connectivity index (χ4v) is 2.30. The van der Waals surface area contributed by atoms with Crippen molar-refractivity contribution in [1.29, 1.82) is 0 Å². The molecule has 2 aromatic rings. The molecule has 1 unspecified atom stereocenters. The van der Waals surface area contributed by atoms with Gasteiger partial charge in [-0.25, -0.2) is 0 Å². The van der Waals surface area contributed by atoms with Gasteiger partial charge < -0.3 is 5.32 Å². The molecular weight excluding hydrogens is 210 g/mol. The van der Waals surface area contributed by atoms with E-state index in [9.17, 15) is 4.79 Å². The molecule has 1 aliphatic rings. The number of hydrogen-bond donors (Lipinski definition) is 1. The number of carbonyl (C=O) groups is 1. The highest BCUT2D eigenvalue weighted by molar-refractivity contribution is 6.07. The molecule has 17 heavy (non-hydrogen) atoms. The summed E-state index contributed by atoms with van der Waals surface area (Å²) >= 11 is 0. The fraction of sp³-hybridized carbons (Fsp3) is 0.133. The zero-order valence-corrected chi connectivity index (χ0v) is 9.39. The Labute approximate surface area is 100 Å². The van der Waals surface area contributed by atoms with Gasteiger partial charge in [0.15, 0.2) is 5.78 Å². The van der Waals surface area contributed by atoms with Crippen molar-refractivity contribution >= 4 is 11.5 Å². The van der Waals surface area contributed by atoms with E-state index in [0.717, 1.165) is 16.8 Å². The summed E-state index contributed by atoms with van der Waals surface area (Å²) in [5, 5.41) is 3.32. The van der Waals surface area contributed by atoms with E-state index >= 15 is 0 Å². The smallest absolute Gasteiger partial charge is 0.174 e. The average molecular weight is 223 g/mol. The number of ketones is 1. The number of fused-ring (bicyclic) bond motifs is 1. The first kappa shape index (κ1) is 10.1. The maximum Gasteiger partial charge on any atom is 0.174 e. The maximum atomic E-state index is 12.4. The molecule has 0 saturated heterocycles. The summed E-state index contributed by atoms with van der Waals surface area (Å²) in [6.07, 6.45) is 0. The van der Waals surface area contributed by atoms with Crippen molar-refractivity contribution in [2.75, 3.05) is 11.9 Å². The van der Waals surface area contributed by atoms with E-state index in [1.165, 1.54) is 0 Å². The molecule has 84 valence electrons. The van der Waals surface area contributed by atoms with Gasteiger partial charge >= 0.3 is 0 Å². The van der Waals surface area contributed by atoms with Crippen LogP contribution in [0.15, 0.2) is 54.6 Å². The highest BCUT2D eigenvalue weighted by Gasteiger charge is 2.27. The third kappa shape index (κ3) is 1.72. The van der Waals surface area contributed by atoms with Crippen LogP contribution in [0, 0.1) is 0 Å². The molecule has 0 aromatic heterocycles. The van der Waals surface area contributed by atoms with Crippen LogP contribution < -0.4 is 5.32 Å². The second-order valence-electron chi connectivity index (χ2n) is 4.25. The molecule has 2 nitrogen and oxygen atoms in total. The Morgan fingerprint density at radius 2 is 1.65 bits per heavy atom. The number of nitrogens with one attached hydrogen (secondary N) is 1. The van der Waals surface area contributed by atoms with Gasteiger partial charge in [-0.15, -0.1) is 0 Å². The fourth-order valence-electron chi connectivity index (χ4n) is 2.30. The molecule has 0 amide bonds. The summed E-state index contributed by atoms with van der Waals surface area (Å²) < 4.78 is 0. The Hall–Kier alpha value is -2.09. The summed E-state index contributed by atoms with van der Waals surface area (Å²) in [5.41, 5.74) is 2.83. The van der Waals surface area contributed by atoms with Crippen LogP contribution in [0.3, 0.4) is 0 Å². The standard InChI is InChI=1S/C15H13NO/c17-15-12-8-4-5-9-14(12)16-10-13(15)11-6-2-1-3-7-11/h1-9,13,16H,10H2. The molecule has 1 atom stereocenters. The molecule has 1 heterocycles. The minimum atomic E-state index is -0.0638. The highest BCUT2D eigenvalue weighted by Crippen LogP contribution is 2.29. The number of carbonyl (C=O) groups excluding carboxylic acids is 1. The van der Waals surface area contributed by atoms with Gasteiger partial charge in [-0.05, 0) is 17.7 Å². The molecular formula is C15H13NO. The summed E-state index contributed by atoms with van der Waals surface area (Å²) in [6, 6.07) is 17.6. The first-order chi connectivity index (χ1) is 8.36. The van der Waals surface area contributed by atoms with Crippen LogP contribution in [-0.4, -0.2) is 12.3 Å². The second kappa shape index (κ2) is 4.06. The Bertz CT molecular complexity index is 548. The maximum absolute atomic E-state index is 12.4. The molecule has 0 bridgehead atoms. The van der Waals surface area contributed by atoms with Crippen LogP contribution in [0.1, 0.15) is 21.8 Å². The molecule has 0 radical (unpaired) electrons. The van der Waals surface area contributed by atoms with Gasteiger partial charge in [-0.3, -0.25) is 4.79 Å². The topological polar surface area (TPSA) is 29.1 Å². The van der Waals surface area contributed by atoms with E-state index in [0.29, 0.717) is 6.54 Å². The lowest BCUT2D eigenvalue weighted by molar-refractivity contribution is 0.0960. The van der Waals surface area contributed by atoms with Gasteiger partial charge in [-0.1, -0.05) is 42.5 Å². The third-order valence-electron chi connectivity index (χ3n) is 3.21. The molecule has 1 aliphatic heterocycles. The molecule has 0 saturated carbocycles. The van der Waals surface area contributed by atoms with Crippen LogP contribution in [0.5, 0.6) is 0 Å². The Balaban J connectivity index is 2.00. The van der Waals surface area contributed by atoms with Gasteiger partial charge in [0.05, 0.1) is 5.92 Å². The minimum absolute atomic E-state index is 0.0638. The van der Waals surface area contributed by atoms with Gasteiger partial charge in [0.1, 0.15) is 0 Å². The van der Waals surface area contributed by atoms with E-state index in [1.54, 1.807) is 0 Å². The van der Waals surface area contributed by atoms with E-state index in [2.05, 4.69) is 5.32 Å². The lowest BCUT2D eigenvalue weighted by atomic mass is 9.87. The first-order valence-electron chi connectivity index (χ1n) is 5.78. The SMILES string of the molecule is O=C1c2ccccc2NCC1c1ccccc1. The molecule has 2 aromatic carbocycles. The van der Waals surface area contributed by atoms with Crippen LogP contribution in [0.4, 0.5) is 5.69 Å². The Morgan fingerprint density at radius 3 is 2.47 bits per heavy atom. The molecule has 1 N–H and O–H groups in total. The number of rotatable bonds is 1. The van der Waals surface area contributed by atoms with Gasteiger partial charge in [0.2, 0.25) is 0 Å². The van der Waals surface area contributed by atoms with Crippen molar-refractivity contribution in [2.45, 2.75) is 5.92 Å². The second-order valence-corrected chi connectivity index (χ2v) is 4.25. The average Bonchev–Trinajstić information content (AvgIpc) is 2.40. The number of para-hydroxylation sites is 1. The predicted molar refractivity (Wildman–Crippen MR) is 68.4 cm³/mol. The van der Waals surface area contributed by atoms with Gasteiger partial charge in [0.25, 0.3) is 0 Å². The largest absolute Gasteiger partial charge is 0.383 e. The first-order valence-corrected chi connectivity index (χ1v) is 5.78. The van der Waals surface area contributed by atoms with Crippen LogP contribution in [-0.2, 0) is 0 Å². The molecule has 0 fully saturated rings. The normalized spacial score (nSPS) is 18.4. The number of benzene rings is 2. The number of anilines is 1. The van der Waals surface area contributed by atoms with Gasteiger partial charge in [0, 0.05) is 17.8 Å².